The Hall–Kier alpha value is -1.89. The first-order valence-electron chi connectivity index (χ1n) is 5.96. The second-order valence-corrected chi connectivity index (χ2v) is 4.43. The summed E-state index contributed by atoms with van der Waals surface area (Å²) in [5.41, 5.74) is 4.94. The third-order valence-corrected chi connectivity index (χ3v) is 3.02. The van der Waals surface area contributed by atoms with Crippen LogP contribution >= 0.6 is 0 Å². The zero-order valence-corrected chi connectivity index (χ0v) is 10.1. The van der Waals surface area contributed by atoms with Gasteiger partial charge in [-0.1, -0.05) is 0 Å². The van der Waals surface area contributed by atoms with Crippen LogP contribution in [0.15, 0.2) is 17.2 Å². The first kappa shape index (κ1) is 12.6. The minimum Gasteiger partial charge on any atom is -0.369 e. The molecular formula is C11H17N5O2. The molecule has 2 heterocycles. The summed E-state index contributed by atoms with van der Waals surface area (Å²) in [7, 11) is 0. The van der Waals surface area contributed by atoms with Crippen molar-refractivity contribution in [2.75, 3.05) is 25.0 Å². The van der Waals surface area contributed by atoms with Crippen molar-refractivity contribution in [3.05, 3.63) is 22.7 Å². The van der Waals surface area contributed by atoms with E-state index in [1.807, 2.05) is 4.90 Å². The molecule has 2 rings (SSSR count). The lowest BCUT2D eigenvalue weighted by atomic mass is 10.1. The fourth-order valence-corrected chi connectivity index (χ4v) is 2.10. The lowest BCUT2D eigenvalue weighted by Gasteiger charge is -2.31. The monoisotopic (exact) mass is 251 g/mol. The largest absolute Gasteiger partial charge is 0.369 e. The zero-order chi connectivity index (χ0) is 13.0. The number of primary amides is 1. The summed E-state index contributed by atoms with van der Waals surface area (Å²) in [6.07, 6.45) is 4.78. The van der Waals surface area contributed by atoms with Crippen LogP contribution in [-0.2, 0) is 4.79 Å². The number of anilines is 1. The van der Waals surface area contributed by atoms with Crippen molar-refractivity contribution in [1.82, 2.24) is 14.9 Å². The van der Waals surface area contributed by atoms with Gasteiger partial charge in [-0.15, -0.1) is 0 Å². The molecule has 0 unspecified atom stereocenters. The predicted molar refractivity (Wildman–Crippen MR) is 67.1 cm³/mol. The third-order valence-electron chi connectivity index (χ3n) is 3.02. The fraction of sp³-hybridized carbons (Fsp3) is 0.545. The maximum atomic E-state index is 11.5. The van der Waals surface area contributed by atoms with Gasteiger partial charge in [0, 0.05) is 31.5 Å². The van der Waals surface area contributed by atoms with Crippen molar-refractivity contribution in [2.45, 2.75) is 18.9 Å². The minimum absolute atomic E-state index is 0.211. The molecule has 0 atom stereocenters. The Balaban J connectivity index is 1.86. The molecule has 98 valence electrons. The maximum Gasteiger partial charge on any atom is 0.290 e. The van der Waals surface area contributed by atoms with E-state index in [0.29, 0.717) is 12.4 Å². The molecule has 1 fully saturated rings. The number of carbonyl (C=O) groups excluding carboxylic acids is 1. The number of carbonyl (C=O) groups is 1. The molecule has 1 aliphatic heterocycles. The molecule has 1 saturated heterocycles. The van der Waals surface area contributed by atoms with Crippen LogP contribution in [0.25, 0.3) is 0 Å². The lowest BCUT2D eigenvalue weighted by molar-refractivity contribution is -0.119. The van der Waals surface area contributed by atoms with Gasteiger partial charge in [0.15, 0.2) is 5.82 Å². The van der Waals surface area contributed by atoms with Gasteiger partial charge in [0.05, 0.1) is 6.54 Å². The van der Waals surface area contributed by atoms with E-state index in [0.717, 1.165) is 25.9 Å². The summed E-state index contributed by atoms with van der Waals surface area (Å²) in [5.74, 6) is 0.0495. The number of aromatic amines is 1. The van der Waals surface area contributed by atoms with Crippen LogP contribution in [0, 0.1) is 0 Å². The molecule has 1 aliphatic rings. The molecule has 1 aromatic heterocycles. The van der Waals surface area contributed by atoms with E-state index in [-0.39, 0.29) is 17.5 Å². The number of hydrogen-bond acceptors (Lipinski definition) is 5. The standard InChI is InChI=1S/C11H17N5O2/c12-9(17)7-16-5-1-8(2-6-16)15-10-11(18)14-4-3-13-10/h3-4,8H,1-2,5-7H2,(H2,12,17)(H,13,15)(H,14,18). The van der Waals surface area contributed by atoms with E-state index in [4.69, 9.17) is 5.73 Å². The highest BCUT2D eigenvalue weighted by Crippen LogP contribution is 2.12. The van der Waals surface area contributed by atoms with Gasteiger partial charge in [-0.3, -0.25) is 14.5 Å². The Morgan fingerprint density at radius 3 is 2.89 bits per heavy atom. The Morgan fingerprint density at radius 2 is 2.28 bits per heavy atom. The minimum atomic E-state index is -0.303. The Labute approximate surface area is 104 Å². The molecule has 0 saturated carbocycles. The summed E-state index contributed by atoms with van der Waals surface area (Å²) in [5, 5.41) is 3.13. The molecule has 0 aromatic carbocycles. The van der Waals surface area contributed by atoms with Crippen LogP contribution in [0.2, 0.25) is 0 Å². The van der Waals surface area contributed by atoms with Gasteiger partial charge < -0.3 is 16.0 Å². The van der Waals surface area contributed by atoms with E-state index in [1.54, 1.807) is 6.20 Å². The van der Waals surface area contributed by atoms with Gasteiger partial charge >= 0.3 is 0 Å². The quantitative estimate of drug-likeness (QED) is 0.645. The van der Waals surface area contributed by atoms with Crippen LogP contribution in [0.5, 0.6) is 0 Å². The van der Waals surface area contributed by atoms with Crippen LogP contribution in [0.1, 0.15) is 12.8 Å². The number of rotatable bonds is 4. The summed E-state index contributed by atoms with van der Waals surface area (Å²) < 4.78 is 0. The summed E-state index contributed by atoms with van der Waals surface area (Å²) in [6, 6.07) is 0.213. The van der Waals surface area contributed by atoms with Gasteiger partial charge in [-0.05, 0) is 12.8 Å². The summed E-state index contributed by atoms with van der Waals surface area (Å²) in [6.45, 7) is 1.90. The number of nitrogens with two attached hydrogens (primary N) is 1. The zero-order valence-electron chi connectivity index (χ0n) is 10.1. The lowest BCUT2D eigenvalue weighted by Crippen LogP contribution is -2.43. The average Bonchev–Trinajstić information content (AvgIpc) is 2.34. The number of amides is 1. The second-order valence-electron chi connectivity index (χ2n) is 4.43. The van der Waals surface area contributed by atoms with E-state index >= 15 is 0 Å². The highest BCUT2D eigenvalue weighted by atomic mass is 16.1. The predicted octanol–water partition coefficient (Wildman–Crippen LogP) is -0.868. The molecule has 18 heavy (non-hydrogen) atoms. The number of likely N-dealkylation sites (tertiary alicyclic amines) is 1. The van der Waals surface area contributed by atoms with Crippen LogP contribution in [-0.4, -0.2) is 46.5 Å². The third kappa shape index (κ3) is 3.30. The van der Waals surface area contributed by atoms with Crippen molar-refractivity contribution in [1.29, 1.82) is 0 Å². The highest BCUT2D eigenvalue weighted by Gasteiger charge is 2.20. The van der Waals surface area contributed by atoms with E-state index in [9.17, 15) is 9.59 Å². The molecule has 1 amide bonds. The highest BCUT2D eigenvalue weighted by molar-refractivity contribution is 5.75. The Morgan fingerprint density at radius 1 is 1.56 bits per heavy atom. The molecule has 0 spiro atoms. The first-order valence-corrected chi connectivity index (χ1v) is 5.96. The van der Waals surface area contributed by atoms with Gasteiger partial charge in [-0.25, -0.2) is 4.98 Å². The molecule has 0 bridgehead atoms. The summed E-state index contributed by atoms with van der Waals surface area (Å²) >= 11 is 0. The van der Waals surface area contributed by atoms with Crippen molar-refractivity contribution in [3.8, 4) is 0 Å². The number of nitrogens with zero attached hydrogens (tertiary/aromatic N) is 2. The summed E-state index contributed by atoms with van der Waals surface area (Å²) in [4.78, 5) is 30.8. The van der Waals surface area contributed by atoms with Crippen molar-refractivity contribution in [3.63, 3.8) is 0 Å². The van der Waals surface area contributed by atoms with Gasteiger partial charge in [-0.2, -0.15) is 0 Å². The molecule has 7 nitrogen and oxygen atoms in total. The van der Waals surface area contributed by atoms with Crippen molar-refractivity contribution < 1.29 is 4.79 Å². The van der Waals surface area contributed by atoms with Crippen LogP contribution in [0.4, 0.5) is 5.82 Å². The Kier molecular flexibility index (Phi) is 3.93. The number of H-pyrrole nitrogens is 1. The smallest absolute Gasteiger partial charge is 0.290 e. The molecule has 7 heteroatoms. The number of hydrogen-bond donors (Lipinski definition) is 3. The molecular weight excluding hydrogens is 234 g/mol. The van der Waals surface area contributed by atoms with E-state index in [1.165, 1.54) is 6.20 Å². The molecule has 1 aromatic rings. The van der Waals surface area contributed by atoms with E-state index < -0.39 is 0 Å². The molecule has 0 aliphatic carbocycles. The normalized spacial score (nSPS) is 17.6. The SMILES string of the molecule is NC(=O)CN1CCC(Nc2ncc[nH]c2=O)CC1. The number of piperidine rings is 1. The maximum absolute atomic E-state index is 11.5. The van der Waals surface area contributed by atoms with Gasteiger partial charge in [0.2, 0.25) is 5.91 Å². The van der Waals surface area contributed by atoms with Crippen molar-refractivity contribution in [2.24, 2.45) is 5.73 Å². The topological polar surface area (TPSA) is 104 Å². The number of nitrogens with one attached hydrogen (secondary N) is 2. The van der Waals surface area contributed by atoms with Crippen LogP contribution in [0.3, 0.4) is 0 Å². The molecule has 0 radical (unpaired) electrons. The second kappa shape index (κ2) is 5.63. The number of aromatic nitrogens is 2. The Bertz CT molecular complexity index is 465. The first-order chi connectivity index (χ1) is 8.65. The van der Waals surface area contributed by atoms with Crippen LogP contribution < -0.4 is 16.6 Å². The van der Waals surface area contributed by atoms with Gasteiger partial charge in [0.25, 0.3) is 5.56 Å². The fourth-order valence-electron chi connectivity index (χ4n) is 2.10. The average molecular weight is 251 g/mol. The van der Waals surface area contributed by atoms with E-state index in [2.05, 4.69) is 15.3 Å². The van der Waals surface area contributed by atoms with Gasteiger partial charge in [0.1, 0.15) is 0 Å². The molecule has 4 N–H and O–H groups in total. The van der Waals surface area contributed by atoms with Crippen molar-refractivity contribution >= 4 is 11.7 Å².